The molecule has 0 saturated carbocycles. The van der Waals surface area contributed by atoms with Gasteiger partial charge in [-0.2, -0.15) is 0 Å². The highest BCUT2D eigenvalue weighted by molar-refractivity contribution is 5.00. The van der Waals surface area contributed by atoms with Crippen molar-refractivity contribution < 1.29 is 10.2 Å². The van der Waals surface area contributed by atoms with Gasteiger partial charge in [-0.3, -0.25) is 0 Å². The lowest BCUT2D eigenvalue weighted by Crippen LogP contribution is -1.95. The topological polar surface area (TPSA) is 40.5 Å². The summed E-state index contributed by atoms with van der Waals surface area (Å²) in [5.41, 5.74) is 1.03. The third-order valence-electron chi connectivity index (χ3n) is 1.03. The van der Waals surface area contributed by atoms with Gasteiger partial charge in [0.25, 0.3) is 0 Å². The Hall–Kier alpha value is -0.340. The van der Waals surface area contributed by atoms with Crippen molar-refractivity contribution in [3.63, 3.8) is 0 Å². The molecule has 0 aromatic rings. The fourth-order valence-electron chi connectivity index (χ4n) is 0.671. The lowest BCUT2D eigenvalue weighted by Gasteiger charge is -1.98. The Labute approximate surface area is 55.8 Å². The molecule has 2 nitrogen and oxygen atoms in total. The van der Waals surface area contributed by atoms with E-state index >= 15 is 0 Å². The van der Waals surface area contributed by atoms with Crippen LogP contribution in [0.3, 0.4) is 0 Å². The van der Waals surface area contributed by atoms with Gasteiger partial charge in [-0.25, -0.2) is 0 Å². The van der Waals surface area contributed by atoms with Crippen LogP contribution in [0.25, 0.3) is 0 Å². The van der Waals surface area contributed by atoms with E-state index in [2.05, 4.69) is 0 Å². The standard InChI is InChI=1S/C7H14O2/c1-6(3-4-8)5-7(2)9/h5,7-9H,3-4H2,1-2H3/b6-5-. The minimum atomic E-state index is -0.392. The molecule has 0 aliphatic heterocycles. The number of aliphatic hydroxyl groups excluding tert-OH is 2. The second-order valence-electron chi connectivity index (χ2n) is 2.23. The van der Waals surface area contributed by atoms with Gasteiger partial charge in [0.2, 0.25) is 0 Å². The quantitative estimate of drug-likeness (QED) is 0.552. The Morgan fingerprint density at radius 3 is 2.56 bits per heavy atom. The summed E-state index contributed by atoms with van der Waals surface area (Å²) < 4.78 is 0. The molecule has 54 valence electrons. The van der Waals surface area contributed by atoms with E-state index in [1.807, 2.05) is 6.92 Å². The monoisotopic (exact) mass is 130 g/mol. The number of hydrogen-bond acceptors (Lipinski definition) is 2. The Balaban J connectivity index is 3.55. The molecule has 0 saturated heterocycles. The van der Waals surface area contributed by atoms with Gasteiger partial charge in [0.15, 0.2) is 0 Å². The van der Waals surface area contributed by atoms with Crippen molar-refractivity contribution in [3.05, 3.63) is 11.6 Å². The fraction of sp³-hybridized carbons (Fsp3) is 0.714. The van der Waals surface area contributed by atoms with Gasteiger partial charge < -0.3 is 10.2 Å². The maximum atomic E-state index is 8.79. The van der Waals surface area contributed by atoms with Crippen LogP contribution in [-0.2, 0) is 0 Å². The molecular weight excluding hydrogens is 116 g/mol. The molecule has 0 amide bonds. The summed E-state index contributed by atoms with van der Waals surface area (Å²) >= 11 is 0. The number of aliphatic hydroxyl groups is 2. The van der Waals surface area contributed by atoms with Gasteiger partial charge in [-0.15, -0.1) is 0 Å². The normalized spacial score (nSPS) is 15.8. The molecule has 1 atom stereocenters. The summed E-state index contributed by atoms with van der Waals surface area (Å²) in [7, 11) is 0. The van der Waals surface area contributed by atoms with Crippen LogP contribution in [0.2, 0.25) is 0 Å². The third-order valence-corrected chi connectivity index (χ3v) is 1.03. The molecular formula is C7H14O2. The zero-order valence-electron chi connectivity index (χ0n) is 5.96. The second-order valence-corrected chi connectivity index (χ2v) is 2.23. The van der Waals surface area contributed by atoms with Crippen LogP contribution in [0.4, 0.5) is 0 Å². The van der Waals surface area contributed by atoms with Crippen molar-refractivity contribution in [1.82, 2.24) is 0 Å². The van der Waals surface area contributed by atoms with E-state index in [-0.39, 0.29) is 6.61 Å². The first-order valence-electron chi connectivity index (χ1n) is 3.13. The largest absolute Gasteiger partial charge is 0.396 e. The van der Waals surface area contributed by atoms with Crippen LogP contribution in [0, 0.1) is 0 Å². The van der Waals surface area contributed by atoms with Gasteiger partial charge in [0.05, 0.1) is 6.10 Å². The SMILES string of the molecule is C/C(=C/C(C)O)CCO. The van der Waals surface area contributed by atoms with E-state index in [4.69, 9.17) is 10.2 Å². The summed E-state index contributed by atoms with van der Waals surface area (Å²) in [4.78, 5) is 0. The molecule has 9 heavy (non-hydrogen) atoms. The van der Waals surface area contributed by atoms with Crippen LogP contribution in [0.15, 0.2) is 11.6 Å². The molecule has 0 fully saturated rings. The van der Waals surface area contributed by atoms with E-state index in [0.29, 0.717) is 6.42 Å². The van der Waals surface area contributed by atoms with Gasteiger partial charge in [-0.1, -0.05) is 11.6 Å². The highest BCUT2D eigenvalue weighted by atomic mass is 16.3. The van der Waals surface area contributed by atoms with Crippen molar-refractivity contribution in [2.45, 2.75) is 26.4 Å². The van der Waals surface area contributed by atoms with Crippen LogP contribution >= 0.6 is 0 Å². The van der Waals surface area contributed by atoms with Crippen molar-refractivity contribution in [1.29, 1.82) is 0 Å². The van der Waals surface area contributed by atoms with E-state index in [0.717, 1.165) is 5.57 Å². The summed E-state index contributed by atoms with van der Waals surface area (Å²) in [6.45, 7) is 3.75. The minimum absolute atomic E-state index is 0.162. The van der Waals surface area contributed by atoms with Crippen molar-refractivity contribution in [2.75, 3.05) is 6.61 Å². The third kappa shape index (κ3) is 5.53. The lowest BCUT2D eigenvalue weighted by atomic mass is 10.2. The molecule has 0 bridgehead atoms. The Kier molecular flexibility index (Phi) is 4.36. The van der Waals surface area contributed by atoms with Gasteiger partial charge in [0.1, 0.15) is 0 Å². The molecule has 0 aromatic heterocycles. The maximum Gasteiger partial charge on any atom is 0.0695 e. The van der Waals surface area contributed by atoms with Crippen LogP contribution in [-0.4, -0.2) is 22.9 Å². The smallest absolute Gasteiger partial charge is 0.0695 e. The van der Waals surface area contributed by atoms with Crippen LogP contribution in [0.1, 0.15) is 20.3 Å². The predicted octanol–water partition coefficient (Wildman–Crippen LogP) is 0.696. The number of rotatable bonds is 3. The maximum absolute atomic E-state index is 8.79. The first kappa shape index (κ1) is 8.66. The van der Waals surface area contributed by atoms with Crippen molar-refractivity contribution in [2.24, 2.45) is 0 Å². The number of hydrogen-bond donors (Lipinski definition) is 2. The highest BCUT2D eigenvalue weighted by Crippen LogP contribution is 1.99. The van der Waals surface area contributed by atoms with E-state index in [1.165, 1.54) is 0 Å². The molecule has 0 aliphatic rings. The second kappa shape index (κ2) is 4.53. The molecule has 1 unspecified atom stereocenters. The van der Waals surface area contributed by atoms with Crippen molar-refractivity contribution >= 4 is 0 Å². The highest BCUT2D eigenvalue weighted by Gasteiger charge is 1.90. The first-order valence-corrected chi connectivity index (χ1v) is 3.13. The molecule has 0 heterocycles. The minimum Gasteiger partial charge on any atom is -0.396 e. The molecule has 0 spiro atoms. The van der Waals surface area contributed by atoms with Crippen LogP contribution < -0.4 is 0 Å². The zero-order chi connectivity index (χ0) is 7.28. The fourth-order valence-corrected chi connectivity index (χ4v) is 0.671. The average molecular weight is 130 g/mol. The average Bonchev–Trinajstić information content (AvgIpc) is 1.63. The van der Waals surface area contributed by atoms with E-state index in [1.54, 1.807) is 13.0 Å². The van der Waals surface area contributed by atoms with Gasteiger partial charge in [0, 0.05) is 6.61 Å². The summed E-state index contributed by atoms with van der Waals surface area (Å²) in [6, 6.07) is 0. The Morgan fingerprint density at radius 1 is 1.67 bits per heavy atom. The van der Waals surface area contributed by atoms with E-state index in [9.17, 15) is 0 Å². The lowest BCUT2D eigenvalue weighted by molar-refractivity contribution is 0.242. The Morgan fingerprint density at radius 2 is 2.22 bits per heavy atom. The summed E-state index contributed by atoms with van der Waals surface area (Å²) in [6.07, 6.45) is 2.00. The molecule has 0 aliphatic carbocycles. The van der Waals surface area contributed by atoms with Gasteiger partial charge >= 0.3 is 0 Å². The predicted molar refractivity (Wildman–Crippen MR) is 37.1 cm³/mol. The van der Waals surface area contributed by atoms with E-state index < -0.39 is 6.10 Å². The Bertz CT molecular complexity index is 95.1. The molecule has 0 radical (unpaired) electrons. The zero-order valence-corrected chi connectivity index (χ0v) is 5.96. The first-order chi connectivity index (χ1) is 4.16. The van der Waals surface area contributed by atoms with Crippen molar-refractivity contribution in [3.8, 4) is 0 Å². The van der Waals surface area contributed by atoms with Crippen LogP contribution in [0.5, 0.6) is 0 Å². The molecule has 0 aromatic carbocycles. The molecule has 2 N–H and O–H groups in total. The van der Waals surface area contributed by atoms with Gasteiger partial charge in [-0.05, 0) is 20.3 Å². The summed E-state index contributed by atoms with van der Waals surface area (Å²) in [5, 5.41) is 17.2. The molecule has 0 rings (SSSR count). The molecule has 2 heteroatoms. The summed E-state index contributed by atoms with van der Waals surface area (Å²) in [5.74, 6) is 0.